The van der Waals surface area contributed by atoms with Gasteiger partial charge < -0.3 is 5.32 Å². The fourth-order valence-corrected chi connectivity index (χ4v) is 3.91. The van der Waals surface area contributed by atoms with E-state index in [1.165, 1.54) is 9.87 Å². The van der Waals surface area contributed by atoms with E-state index in [4.69, 9.17) is 5.14 Å². The van der Waals surface area contributed by atoms with Crippen molar-refractivity contribution in [3.8, 4) is 0 Å². The number of nitrogens with zero attached hydrogens (tertiary/aromatic N) is 2. The van der Waals surface area contributed by atoms with Gasteiger partial charge in [0.05, 0.1) is 12.6 Å². The van der Waals surface area contributed by atoms with Crippen LogP contribution in [0.1, 0.15) is 30.0 Å². The molecular formula is C17H26N4O3S. The first-order valence-electron chi connectivity index (χ1n) is 8.69. The third kappa shape index (κ3) is 5.01. The number of benzene rings is 1. The van der Waals surface area contributed by atoms with Gasteiger partial charge in [-0.2, -0.15) is 12.7 Å². The molecule has 3 N–H and O–H groups in total. The van der Waals surface area contributed by atoms with Crippen molar-refractivity contribution in [2.45, 2.75) is 25.8 Å². The van der Waals surface area contributed by atoms with Gasteiger partial charge in [0.2, 0.25) is 5.91 Å². The number of carbonyl (C=O) groups is 1. The zero-order valence-electron chi connectivity index (χ0n) is 14.5. The highest BCUT2D eigenvalue weighted by atomic mass is 32.2. The molecule has 0 spiro atoms. The van der Waals surface area contributed by atoms with Crippen molar-refractivity contribution in [1.29, 1.82) is 0 Å². The largest absolute Gasteiger partial charge is 0.348 e. The fraction of sp³-hybridized carbons (Fsp3) is 0.588. The van der Waals surface area contributed by atoms with Crippen LogP contribution >= 0.6 is 0 Å². The molecule has 25 heavy (non-hydrogen) atoms. The Morgan fingerprint density at radius 1 is 1.20 bits per heavy atom. The van der Waals surface area contributed by atoms with Gasteiger partial charge in [-0.15, -0.1) is 0 Å². The Balaban J connectivity index is 1.54. The minimum absolute atomic E-state index is 0.0125. The average Bonchev–Trinajstić information content (AvgIpc) is 3.38. The molecule has 1 saturated carbocycles. The normalized spacial score (nSPS) is 21.0. The number of hydrogen-bond donors (Lipinski definition) is 2. The van der Waals surface area contributed by atoms with Crippen LogP contribution in [0.25, 0.3) is 0 Å². The van der Waals surface area contributed by atoms with Crippen molar-refractivity contribution in [3.05, 3.63) is 35.4 Å². The predicted octanol–water partition coefficient (Wildman–Crippen LogP) is 0.383. The van der Waals surface area contributed by atoms with Crippen LogP contribution in [0.4, 0.5) is 0 Å². The molecule has 1 unspecified atom stereocenters. The molecule has 1 heterocycles. The maximum absolute atomic E-state index is 12.5. The Morgan fingerprint density at radius 3 is 2.32 bits per heavy atom. The zero-order valence-corrected chi connectivity index (χ0v) is 15.3. The lowest BCUT2D eigenvalue weighted by Crippen LogP contribution is -2.52. The number of hydrogen-bond acceptors (Lipinski definition) is 4. The molecule has 2 fully saturated rings. The molecule has 1 amide bonds. The Hall–Kier alpha value is -1.48. The predicted molar refractivity (Wildman–Crippen MR) is 95.9 cm³/mol. The average molecular weight is 366 g/mol. The van der Waals surface area contributed by atoms with Gasteiger partial charge in [0.25, 0.3) is 10.2 Å². The van der Waals surface area contributed by atoms with Crippen molar-refractivity contribution in [1.82, 2.24) is 14.5 Å². The maximum atomic E-state index is 12.5. The lowest BCUT2D eigenvalue weighted by molar-refractivity contribution is -0.123. The number of nitrogens with one attached hydrogen (secondary N) is 1. The third-order valence-electron chi connectivity index (χ3n) is 4.90. The number of piperazine rings is 1. The second-order valence-electron chi connectivity index (χ2n) is 7.01. The standard InChI is InChI=1S/C17H26N4O3S/c1-13-2-4-14(5-3-13)17(15-6-7-15)19-16(22)12-20-8-10-21(11-9-20)25(18,23)24/h2-5,15,17H,6-12H2,1H3,(H,19,22)(H2,18,23,24). The van der Waals surface area contributed by atoms with Crippen LogP contribution in [0.2, 0.25) is 0 Å². The van der Waals surface area contributed by atoms with Crippen LogP contribution in [0, 0.1) is 12.8 Å². The topological polar surface area (TPSA) is 95.7 Å². The Morgan fingerprint density at radius 2 is 1.80 bits per heavy atom. The molecule has 138 valence electrons. The van der Waals surface area contributed by atoms with E-state index in [1.54, 1.807) is 0 Å². The first-order valence-corrected chi connectivity index (χ1v) is 10.2. The number of nitrogens with two attached hydrogens (primary N) is 1. The summed E-state index contributed by atoms with van der Waals surface area (Å²) in [7, 11) is -3.63. The van der Waals surface area contributed by atoms with E-state index in [1.807, 2.05) is 4.90 Å². The molecule has 1 aliphatic heterocycles. The zero-order chi connectivity index (χ0) is 18.0. The molecule has 3 rings (SSSR count). The van der Waals surface area contributed by atoms with Crippen LogP contribution < -0.4 is 10.5 Å². The number of amides is 1. The van der Waals surface area contributed by atoms with Gasteiger partial charge >= 0.3 is 0 Å². The molecule has 2 aliphatic rings. The highest BCUT2D eigenvalue weighted by Crippen LogP contribution is 2.41. The summed E-state index contributed by atoms with van der Waals surface area (Å²) in [5.41, 5.74) is 2.36. The van der Waals surface area contributed by atoms with Gasteiger partial charge in [-0.1, -0.05) is 29.8 Å². The second-order valence-corrected chi connectivity index (χ2v) is 8.56. The fourth-order valence-electron chi connectivity index (χ4n) is 3.24. The van der Waals surface area contributed by atoms with E-state index in [2.05, 4.69) is 36.5 Å². The summed E-state index contributed by atoms with van der Waals surface area (Å²) in [4.78, 5) is 14.4. The summed E-state index contributed by atoms with van der Waals surface area (Å²) in [6, 6.07) is 8.39. The van der Waals surface area contributed by atoms with Crippen LogP contribution in [-0.4, -0.2) is 56.3 Å². The van der Waals surface area contributed by atoms with E-state index in [9.17, 15) is 13.2 Å². The van der Waals surface area contributed by atoms with Gasteiger partial charge in [-0.25, -0.2) is 5.14 Å². The number of aryl methyl sites for hydroxylation is 1. The summed E-state index contributed by atoms with van der Waals surface area (Å²) in [5, 5.41) is 8.30. The van der Waals surface area contributed by atoms with Gasteiger partial charge in [-0.3, -0.25) is 9.69 Å². The summed E-state index contributed by atoms with van der Waals surface area (Å²) in [6.45, 7) is 4.03. The first kappa shape index (κ1) is 18.3. The Bertz CT molecular complexity index is 708. The Labute approximate surface area is 149 Å². The molecule has 1 aromatic rings. The maximum Gasteiger partial charge on any atom is 0.276 e. The van der Waals surface area contributed by atoms with Crippen molar-refractivity contribution in [2.75, 3.05) is 32.7 Å². The summed E-state index contributed by atoms with van der Waals surface area (Å²) >= 11 is 0. The van der Waals surface area contributed by atoms with E-state index in [0.29, 0.717) is 32.1 Å². The summed E-state index contributed by atoms with van der Waals surface area (Å²) in [5.74, 6) is 0.507. The van der Waals surface area contributed by atoms with E-state index in [-0.39, 0.29) is 18.5 Å². The summed E-state index contributed by atoms with van der Waals surface area (Å²) < 4.78 is 23.9. The Kier molecular flexibility index (Phi) is 5.43. The molecule has 7 nitrogen and oxygen atoms in total. The van der Waals surface area contributed by atoms with Crippen LogP contribution in [-0.2, 0) is 15.0 Å². The van der Waals surface area contributed by atoms with Gasteiger partial charge in [0.1, 0.15) is 0 Å². The highest BCUT2D eigenvalue weighted by molar-refractivity contribution is 7.86. The molecule has 0 bridgehead atoms. The van der Waals surface area contributed by atoms with E-state index in [0.717, 1.165) is 18.4 Å². The molecule has 1 saturated heterocycles. The quantitative estimate of drug-likeness (QED) is 0.761. The second kappa shape index (κ2) is 7.41. The third-order valence-corrected chi connectivity index (χ3v) is 5.99. The molecule has 0 radical (unpaired) electrons. The summed E-state index contributed by atoms with van der Waals surface area (Å²) in [6.07, 6.45) is 2.29. The minimum atomic E-state index is -3.63. The monoisotopic (exact) mass is 366 g/mol. The molecule has 1 atom stereocenters. The smallest absolute Gasteiger partial charge is 0.276 e. The van der Waals surface area contributed by atoms with Crippen molar-refractivity contribution >= 4 is 16.1 Å². The molecule has 8 heteroatoms. The van der Waals surface area contributed by atoms with Crippen LogP contribution in [0.5, 0.6) is 0 Å². The van der Waals surface area contributed by atoms with Crippen molar-refractivity contribution in [3.63, 3.8) is 0 Å². The molecule has 0 aromatic heterocycles. The SMILES string of the molecule is Cc1ccc(C(NC(=O)CN2CCN(S(N)(=O)=O)CC2)C2CC2)cc1. The molecule has 1 aliphatic carbocycles. The number of carbonyl (C=O) groups excluding carboxylic acids is 1. The van der Waals surface area contributed by atoms with E-state index >= 15 is 0 Å². The van der Waals surface area contributed by atoms with Gasteiger partial charge in [-0.05, 0) is 31.2 Å². The van der Waals surface area contributed by atoms with Crippen LogP contribution in [0.3, 0.4) is 0 Å². The van der Waals surface area contributed by atoms with Gasteiger partial charge in [0, 0.05) is 26.2 Å². The lowest BCUT2D eigenvalue weighted by atomic mass is 10.0. The van der Waals surface area contributed by atoms with E-state index < -0.39 is 10.2 Å². The highest BCUT2D eigenvalue weighted by Gasteiger charge is 2.34. The van der Waals surface area contributed by atoms with Crippen molar-refractivity contribution in [2.24, 2.45) is 11.1 Å². The van der Waals surface area contributed by atoms with Gasteiger partial charge in [0.15, 0.2) is 0 Å². The van der Waals surface area contributed by atoms with Crippen molar-refractivity contribution < 1.29 is 13.2 Å². The minimum Gasteiger partial charge on any atom is -0.348 e. The molecule has 1 aromatic carbocycles. The number of rotatable bonds is 6. The first-order chi connectivity index (χ1) is 11.8. The lowest BCUT2D eigenvalue weighted by Gasteiger charge is -2.32. The van der Waals surface area contributed by atoms with Crippen LogP contribution in [0.15, 0.2) is 24.3 Å². The molecular weight excluding hydrogens is 340 g/mol.